The molecule has 0 bridgehead atoms. The summed E-state index contributed by atoms with van der Waals surface area (Å²) < 4.78 is 26.9. The smallest absolute Gasteiger partial charge is 0.240 e. The average molecular weight is 278 g/mol. The van der Waals surface area contributed by atoms with Gasteiger partial charge in [0.2, 0.25) is 10.0 Å². The van der Waals surface area contributed by atoms with Crippen LogP contribution in [0.25, 0.3) is 0 Å². The van der Waals surface area contributed by atoms with Crippen LogP contribution in [0.5, 0.6) is 0 Å². The number of benzene rings is 1. The lowest BCUT2D eigenvalue weighted by Gasteiger charge is -2.07. The van der Waals surface area contributed by atoms with Crippen molar-refractivity contribution in [3.63, 3.8) is 0 Å². The van der Waals surface area contributed by atoms with Crippen molar-refractivity contribution in [2.75, 3.05) is 11.9 Å². The van der Waals surface area contributed by atoms with E-state index in [4.69, 9.17) is 0 Å². The van der Waals surface area contributed by atoms with E-state index in [-0.39, 0.29) is 6.54 Å². The highest BCUT2D eigenvalue weighted by Gasteiger charge is 2.18. The molecular formula is C12H14N4O2S. The molecule has 3 N–H and O–H groups in total. The second-order valence-corrected chi connectivity index (χ2v) is 6.16. The van der Waals surface area contributed by atoms with Crippen molar-refractivity contribution in [2.45, 2.75) is 17.9 Å². The molecule has 1 aliphatic heterocycles. The van der Waals surface area contributed by atoms with E-state index in [1.165, 1.54) is 6.33 Å². The quantitative estimate of drug-likeness (QED) is 0.774. The second-order valence-electron chi connectivity index (χ2n) is 4.40. The van der Waals surface area contributed by atoms with Crippen LogP contribution >= 0.6 is 0 Å². The van der Waals surface area contributed by atoms with Crippen LogP contribution in [0.3, 0.4) is 0 Å². The number of aromatic amines is 1. The third-order valence-electron chi connectivity index (χ3n) is 3.10. The van der Waals surface area contributed by atoms with E-state index >= 15 is 0 Å². The number of fused-ring (bicyclic) bond motifs is 1. The molecule has 1 aromatic carbocycles. The van der Waals surface area contributed by atoms with Crippen molar-refractivity contribution < 1.29 is 8.42 Å². The van der Waals surface area contributed by atoms with E-state index in [0.29, 0.717) is 4.90 Å². The second kappa shape index (κ2) is 4.67. The van der Waals surface area contributed by atoms with Gasteiger partial charge in [0.1, 0.15) is 0 Å². The molecule has 0 saturated carbocycles. The molecule has 0 radical (unpaired) electrons. The maximum atomic E-state index is 12.2. The highest BCUT2D eigenvalue weighted by molar-refractivity contribution is 7.89. The van der Waals surface area contributed by atoms with Crippen LogP contribution in [0.1, 0.15) is 11.3 Å². The molecule has 0 saturated heterocycles. The molecule has 0 amide bonds. The number of aromatic nitrogens is 2. The van der Waals surface area contributed by atoms with Gasteiger partial charge < -0.3 is 10.3 Å². The summed E-state index contributed by atoms with van der Waals surface area (Å²) in [5, 5.41) is 3.20. The predicted molar refractivity (Wildman–Crippen MR) is 71.2 cm³/mol. The number of nitrogens with one attached hydrogen (secondary N) is 3. The third kappa shape index (κ3) is 2.47. The monoisotopic (exact) mass is 278 g/mol. The van der Waals surface area contributed by atoms with Crippen molar-refractivity contribution in [1.29, 1.82) is 0 Å². The first kappa shape index (κ1) is 12.2. The Morgan fingerprint density at radius 3 is 3.05 bits per heavy atom. The largest absolute Gasteiger partial charge is 0.384 e. The molecule has 3 rings (SSSR count). The van der Waals surface area contributed by atoms with Crippen molar-refractivity contribution in [3.05, 3.63) is 42.0 Å². The van der Waals surface area contributed by atoms with Gasteiger partial charge >= 0.3 is 0 Å². The third-order valence-corrected chi connectivity index (χ3v) is 4.50. The average Bonchev–Trinajstić information content (AvgIpc) is 3.06. The summed E-state index contributed by atoms with van der Waals surface area (Å²) in [5.41, 5.74) is 2.79. The van der Waals surface area contributed by atoms with E-state index in [0.717, 1.165) is 29.9 Å². The fourth-order valence-corrected chi connectivity index (χ4v) is 3.14. The number of nitrogens with zero attached hydrogens (tertiary/aromatic N) is 1. The number of sulfonamides is 1. The standard InChI is InChI=1S/C12H14N4O2S/c17-19(18,16-7-10-6-13-8-15-10)11-1-2-12-9(5-11)3-4-14-12/h1-2,5-6,8,14,16H,3-4,7H2,(H,13,15). The van der Waals surface area contributed by atoms with Gasteiger partial charge in [-0.1, -0.05) is 0 Å². The zero-order chi connectivity index (χ0) is 13.3. The first-order valence-electron chi connectivity index (χ1n) is 5.99. The van der Waals surface area contributed by atoms with Gasteiger partial charge in [0.25, 0.3) is 0 Å². The molecule has 0 fully saturated rings. The van der Waals surface area contributed by atoms with Crippen LogP contribution in [0.15, 0.2) is 35.6 Å². The topological polar surface area (TPSA) is 86.9 Å². The first-order chi connectivity index (χ1) is 9.15. The summed E-state index contributed by atoms with van der Waals surface area (Å²) in [5.74, 6) is 0. The summed E-state index contributed by atoms with van der Waals surface area (Å²) in [6.45, 7) is 1.07. The van der Waals surface area contributed by atoms with E-state index in [1.54, 1.807) is 18.3 Å². The van der Waals surface area contributed by atoms with Gasteiger partial charge in [-0.25, -0.2) is 18.1 Å². The maximum Gasteiger partial charge on any atom is 0.240 e. The highest BCUT2D eigenvalue weighted by Crippen LogP contribution is 2.24. The molecule has 1 aromatic heterocycles. The van der Waals surface area contributed by atoms with Gasteiger partial charge in [-0.05, 0) is 30.2 Å². The number of H-pyrrole nitrogens is 1. The van der Waals surface area contributed by atoms with Crippen LogP contribution in [-0.4, -0.2) is 24.9 Å². The molecule has 2 heterocycles. The van der Waals surface area contributed by atoms with Crippen LogP contribution in [0.4, 0.5) is 5.69 Å². The van der Waals surface area contributed by atoms with Crippen LogP contribution in [0.2, 0.25) is 0 Å². The Morgan fingerprint density at radius 2 is 2.26 bits per heavy atom. The molecule has 19 heavy (non-hydrogen) atoms. The maximum absolute atomic E-state index is 12.2. The Morgan fingerprint density at radius 1 is 1.37 bits per heavy atom. The molecule has 1 aliphatic rings. The molecule has 0 spiro atoms. The van der Waals surface area contributed by atoms with Gasteiger partial charge in [0, 0.05) is 24.1 Å². The molecule has 0 aliphatic carbocycles. The van der Waals surface area contributed by atoms with Crippen molar-refractivity contribution >= 4 is 15.7 Å². The molecule has 2 aromatic rings. The molecular weight excluding hydrogens is 264 g/mol. The summed E-state index contributed by atoms with van der Waals surface area (Å²) in [7, 11) is -3.48. The lowest BCUT2D eigenvalue weighted by atomic mass is 10.2. The van der Waals surface area contributed by atoms with Gasteiger partial charge in [-0.15, -0.1) is 0 Å². The Hall–Kier alpha value is -1.86. The predicted octanol–water partition coefficient (Wildman–Crippen LogP) is 0.856. The van der Waals surface area contributed by atoms with Crippen LogP contribution in [0, 0.1) is 0 Å². The van der Waals surface area contributed by atoms with Crippen molar-refractivity contribution in [3.8, 4) is 0 Å². The summed E-state index contributed by atoms with van der Waals surface area (Å²) in [4.78, 5) is 7.00. The van der Waals surface area contributed by atoms with E-state index < -0.39 is 10.0 Å². The lowest BCUT2D eigenvalue weighted by molar-refractivity contribution is 0.580. The van der Waals surface area contributed by atoms with E-state index in [2.05, 4.69) is 20.0 Å². The van der Waals surface area contributed by atoms with Crippen molar-refractivity contribution in [2.24, 2.45) is 0 Å². The van der Waals surface area contributed by atoms with Gasteiger partial charge in [0.05, 0.1) is 17.8 Å². The normalized spacial score (nSPS) is 14.1. The fourth-order valence-electron chi connectivity index (χ4n) is 2.09. The van der Waals surface area contributed by atoms with E-state index in [1.807, 2.05) is 6.07 Å². The van der Waals surface area contributed by atoms with Gasteiger partial charge in [-0.2, -0.15) is 0 Å². The Kier molecular flexibility index (Phi) is 3.00. The van der Waals surface area contributed by atoms with Gasteiger partial charge in [0.15, 0.2) is 0 Å². The Labute approximate surface area is 111 Å². The minimum absolute atomic E-state index is 0.206. The van der Waals surface area contributed by atoms with E-state index in [9.17, 15) is 8.42 Å². The molecule has 0 unspecified atom stereocenters. The molecule has 0 atom stereocenters. The SMILES string of the molecule is O=S(=O)(NCc1cnc[nH]1)c1ccc2c(c1)CCN2. The van der Waals surface area contributed by atoms with Crippen molar-refractivity contribution in [1.82, 2.24) is 14.7 Å². The molecule has 7 heteroatoms. The Bertz CT molecular complexity index is 680. The number of imidazole rings is 1. The molecule has 100 valence electrons. The highest BCUT2D eigenvalue weighted by atomic mass is 32.2. The fraction of sp³-hybridized carbons (Fsp3) is 0.250. The van der Waals surface area contributed by atoms with Gasteiger partial charge in [-0.3, -0.25) is 0 Å². The molecule has 6 nitrogen and oxygen atoms in total. The lowest BCUT2D eigenvalue weighted by Crippen LogP contribution is -2.23. The minimum Gasteiger partial charge on any atom is -0.384 e. The summed E-state index contributed by atoms with van der Waals surface area (Å²) in [6.07, 6.45) is 3.97. The number of hydrogen-bond acceptors (Lipinski definition) is 4. The van der Waals surface area contributed by atoms with Crippen LogP contribution in [-0.2, 0) is 23.0 Å². The summed E-state index contributed by atoms with van der Waals surface area (Å²) in [6, 6.07) is 5.16. The zero-order valence-electron chi connectivity index (χ0n) is 10.2. The summed E-state index contributed by atoms with van der Waals surface area (Å²) >= 11 is 0. The Balaban J connectivity index is 1.80. The number of rotatable bonds is 4. The minimum atomic E-state index is -3.48. The van der Waals surface area contributed by atoms with Crippen LogP contribution < -0.4 is 10.0 Å². The number of hydrogen-bond donors (Lipinski definition) is 3. The zero-order valence-corrected chi connectivity index (χ0v) is 11.0. The first-order valence-corrected chi connectivity index (χ1v) is 7.47. The number of anilines is 1.